The molecule has 0 aromatic heterocycles. The first-order chi connectivity index (χ1) is 7.31. The maximum absolute atomic E-state index is 11.1. The topological polar surface area (TPSA) is 26.3 Å². The Bertz CT molecular complexity index is 324. The third kappa shape index (κ3) is 2.91. The van der Waals surface area contributed by atoms with E-state index in [-0.39, 0.29) is 10.8 Å². The van der Waals surface area contributed by atoms with Gasteiger partial charge in [0.05, 0.1) is 2.74 Å². The van der Waals surface area contributed by atoms with Crippen molar-refractivity contribution in [2.24, 2.45) is 5.41 Å². The number of carbonyl (C=O) groups is 1. The van der Waals surface area contributed by atoms with Crippen LogP contribution in [-0.4, -0.2) is 20.7 Å². The lowest BCUT2D eigenvalue weighted by molar-refractivity contribution is -0.133. The van der Waals surface area contributed by atoms with Crippen LogP contribution in [0.5, 0.6) is 0 Å². The van der Waals surface area contributed by atoms with Crippen molar-refractivity contribution in [1.82, 2.24) is 0 Å². The van der Waals surface area contributed by atoms with E-state index in [1.807, 2.05) is 20.0 Å². The Morgan fingerprint density at radius 1 is 1.47 bits per heavy atom. The number of rotatable bonds is 3. The van der Waals surface area contributed by atoms with Gasteiger partial charge in [-0.05, 0) is 18.1 Å². The highest BCUT2D eigenvalue weighted by Gasteiger charge is 2.43. The summed E-state index contributed by atoms with van der Waals surface area (Å²) in [4.78, 5) is 11.1. The van der Waals surface area contributed by atoms with Gasteiger partial charge in [0.2, 0.25) is 0 Å². The first kappa shape index (κ1) is 10.0. The maximum Gasteiger partial charge on any atom is 0.192 e. The minimum absolute atomic E-state index is 0.0233. The van der Waals surface area contributed by atoms with Crippen LogP contribution >= 0.6 is 0 Å². The van der Waals surface area contributed by atoms with Gasteiger partial charge in [0.1, 0.15) is 5.78 Å². The van der Waals surface area contributed by atoms with Crippen molar-refractivity contribution in [1.29, 1.82) is 0 Å². The van der Waals surface area contributed by atoms with Gasteiger partial charge >= 0.3 is 0 Å². The van der Waals surface area contributed by atoms with Crippen molar-refractivity contribution in [2.45, 2.75) is 58.7 Å². The monoisotopic (exact) mass is 230 g/mol. The summed E-state index contributed by atoms with van der Waals surface area (Å²) in [7, 11) is -2.14. The Morgan fingerprint density at radius 3 is 2.27 bits per heavy atom. The molecule has 0 N–H and O–H groups in total. The molecule has 0 aromatic rings. The summed E-state index contributed by atoms with van der Waals surface area (Å²) in [6.45, 7) is 10.4. The fourth-order valence-corrected chi connectivity index (χ4v) is 2.10. The number of hydrogen-bond acceptors (Lipinski definition) is 2. The van der Waals surface area contributed by atoms with Crippen LogP contribution in [0.3, 0.4) is 0 Å². The van der Waals surface area contributed by atoms with Crippen LogP contribution in [0.15, 0.2) is 0 Å². The molecule has 0 bridgehead atoms. The Hall–Kier alpha value is -0.153. The number of hydrogen-bond donors (Lipinski definition) is 0. The molecule has 1 fully saturated rings. The van der Waals surface area contributed by atoms with E-state index in [9.17, 15) is 4.79 Å². The largest absolute Gasteiger partial charge is 0.416 e. The van der Waals surface area contributed by atoms with Crippen LogP contribution in [-0.2, 0) is 9.22 Å². The first-order valence-electron chi connectivity index (χ1n) is 6.53. The Kier molecular flexibility index (Phi) is 2.48. The van der Waals surface area contributed by atoms with Crippen molar-refractivity contribution in [3.05, 3.63) is 0 Å². The SMILES string of the molecule is [2H]C([2H])(O[Si](C)(C)C(C)(C)C)C1(C)CC(=O)C1. The normalized spacial score (nSPS) is 24.3. The lowest BCUT2D eigenvalue weighted by Crippen LogP contribution is -2.47. The second kappa shape index (κ2) is 3.70. The maximum atomic E-state index is 11.1. The van der Waals surface area contributed by atoms with Crippen molar-refractivity contribution in [3.8, 4) is 0 Å². The van der Waals surface area contributed by atoms with Crippen molar-refractivity contribution in [2.75, 3.05) is 6.56 Å². The molecule has 1 rings (SSSR count). The van der Waals surface area contributed by atoms with Crippen LogP contribution in [0.1, 0.15) is 43.3 Å². The van der Waals surface area contributed by atoms with Gasteiger partial charge in [-0.15, -0.1) is 0 Å². The van der Waals surface area contributed by atoms with Crippen molar-refractivity contribution < 1.29 is 12.0 Å². The third-order valence-electron chi connectivity index (χ3n) is 3.53. The fraction of sp³-hybridized carbons (Fsp3) is 0.917. The van der Waals surface area contributed by atoms with Gasteiger partial charge in [0.25, 0.3) is 0 Å². The highest BCUT2D eigenvalue weighted by Crippen LogP contribution is 2.42. The van der Waals surface area contributed by atoms with E-state index in [2.05, 4.69) is 20.8 Å². The Morgan fingerprint density at radius 2 is 1.93 bits per heavy atom. The summed E-state index contributed by atoms with van der Waals surface area (Å²) >= 11 is 0. The molecule has 1 saturated carbocycles. The molecule has 2 nitrogen and oxygen atoms in total. The molecule has 0 aromatic carbocycles. The van der Waals surface area contributed by atoms with E-state index in [1.54, 1.807) is 0 Å². The molecule has 88 valence electrons. The molecule has 0 amide bonds. The smallest absolute Gasteiger partial charge is 0.192 e. The van der Waals surface area contributed by atoms with Gasteiger partial charge in [0.15, 0.2) is 8.32 Å². The molecule has 0 aliphatic heterocycles. The summed E-state index contributed by atoms with van der Waals surface area (Å²) in [6.07, 6.45) is 0.600. The van der Waals surface area contributed by atoms with Crippen LogP contribution in [0.4, 0.5) is 0 Å². The number of Topliss-reactive ketones (excluding diaryl/α,β-unsaturated/α-hetero) is 1. The zero-order chi connectivity index (χ0) is 13.7. The van der Waals surface area contributed by atoms with Crippen LogP contribution in [0, 0.1) is 5.41 Å². The average molecular weight is 230 g/mol. The van der Waals surface area contributed by atoms with Crippen molar-refractivity contribution in [3.63, 3.8) is 0 Å². The zero-order valence-electron chi connectivity index (χ0n) is 12.7. The molecule has 0 heterocycles. The average Bonchev–Trinajstić information content (AvgIpc) is 1.96. The Balaban J connectivity index is 2.84. The second-order valence-corrected chi connectivity index (χ2v) is 11.1. The molecule has 15 heavy (non-hydrogen) atoms. The summed E-state index contributed by atoms with van der Waals surface area (Å²) < 4.78 is 22.1. The second-order valence-electron chi connectivity index (χ2n) is 6.42. The van der Waals surface area contributed by atoms with E-state index < -0.39 is 20.3 Å². The van der Waals surface area contributed by atoms with E-state index >= 15 is 0 Å². The quantitative estimate of drug-likeness (QED) is 0.695. The molecular formula is C12H24O2Si. The number of ketones is 1. The van der Waals surface area contributed by atoms with Crippen molar-refractivity contribution >= 4 is 14.1 Å². The fourth-order valence-electron chi connectivity index (χ4n) is 1.29. The van der Waals surface area contributed by atoms with Gasteiger partial charge in [-0.3, -0.25) is 4.79 Å². The van der Waals surface area contributed by atoms with Gasteiger partial charge in [0, 0.05) is 24.8 Å². The van der Waals surface area contributed by atoms with Gasteiger partial charge in [-0.2, -0.15) is 0 Å². The van der Waals surface area contributed by atoms with Gasteiger partial charge in [-0.25, -0.2) is 0 Å². The van der Waals surface area contributed by atoms with E-state index in [0.717, 1.165) is 0 Å². The molecule has 0 radical (unpaired) electrons. The van der Waals surface area contributed by atoms with Crippen LogP contribution < -0.4 is 0 Å². The minimum Gasteiger partial charge on any atom is -0.416 e. The zero-order valence-corrected chi connectivity index (χ0v) is 11.7. The predicted molar refractivity (Wildman–Crippen MR) is 65.5 cm³/mol. The lowest BCUT2D eigenvalue weighted by atomic mass is 9.70. The first-order valence-corrected chi connectivity index (χ1v) is 8.43. The van der Waals surface area contributed by atoms with E-state index in [1.165, 1.54) is 0 Å². The van der Waals surface area contributed by atoms with Crippen LogP contribution in [0.25, 0.3) is 0 Å². The van der Waals surface area contributed by atoms with E-state index in [4.69, 9.17) is 7.17 Å². The highest BCUT2D eigenvalue weighted by atomic mass is 28.4. The standard InChI is InChI=1S/C12H24O2Si/c1-11(2,3)15(5,6)14-9-12(4)7-10(13)8-12/h7-9H2,1-6H3/i9D2. The molecule has 1 aliphatic rings. The van der Waals surface area contributed by atoms with Gasteiger partial charge in [-0.1, -0.05) is 27.7 Å². The number of carbonyl (C=O) groups excluding carboxylic acids is 1. The Labute approximate surface area is 97.3 Å². The molecule has 3 heteroatoms. The molecule has 0 atom stereocenters. The minimum atomic E-state index is -2.14. The predicted octanol–water partition coefficient (Wildman–Crippen LogP) is 3.38. The lowest BCUT2D eigenvalue weighted by Gasteiger charge is -2.42. The van der Waals surface area contributed by atoms with Crippen LogP contribution in [0.2, 0.25) is 18.1 Å². The highest BCUT2D eigenvalue weighted by molar-refractivity contribution is 6.74. The molecule has 0 unspecified atom stereocenters. The van der Waals surface area contributed by atoms with Gasteiger partial charge < -0.3 is 4.43 Å². The molecular weight excluding hydrogens is 204 g/mol. The summed E-state index contributed by atoms with van der Waals surface area (Å²) in [5, 5.41) is -0.0233. The summed E-state index contributed by atoms with van der Waals surface area (Å²) in [6, 6.07) is 0. The third-order valence-corrected chi connectivity index (χ3v) is 7.76. The molecule has 0 saturated heterocycles. The summed E-state index contributed by atoms with van der Waals surface area (Å²) in [5.41, 5.74) is -0.639. The molecule has 1 aliphatic carbocycles. The molecule has 0 spiro atoms. The van der Waals surface area contributed by atoms with E-state index in [0.29, 0.717) is 12.8 Å². The summed E-state index contributed by atoms with van der Waals surface area (Å²) in [5.74, 6) is 0.134.